The van der Waals surface area contributed by atoms with Crippen LogP contribution < -0.4 is 15.6 Å². The fourth-order valence-corrected chi connectivity index (χ4v) is 3.94. The molecule has 0 spiro atoms. The van der Waals surface area contributed by atoms with Crippen LogP contribution in [0.15, 0.2) is 59.4 Å². The monoisotopic (exact) mass is 452 g/mol. The summed E-state index contributed by atoms with van der Waals surface area (Å²) in [7, 11) is 5.75. The minimum atomic E-state index is -0.0980. The number of aromatic amines is 1. The third-order valence-corrected chi connectivity index (χ3v) is 5.83. The molecule has 170 valence electrons. The van der Waals surface area contributed by atoms with E-state index in [1.807, 2.05) is 42.5 Å². The van der Waals surface area contributed by atoms with Crippen LogP contribution in [0.3, 0.4) is 0 Å². The number of H-pyrrole nitrogens is 1. The van der Waals surface area contributed by atoms with E-state index >= 15 is 0 Å². The lowest BCUT2D eigenvalue weighted by Gasteiger charge is -2.28. The number of rotatable bonds is 9. The Hall–Kier alpha value is -2.90. The van der Waals surface area contributed by atoms with Gasteiger partial charge in [-0.1, -0.05) is 30.3 Å². The summed E-state index contributed by atoms with van der Waals surface area (Å²) in [6.45, 7) is 4.22. The number of hydrogen-bond acceptors (Lipinski definition) is 4. The lowest BCUT2D eigenvalue weighted by Crippen LogP contribution is -2.42. The van der Waals surface area contributed by atoms with Gasteiger partial charge < -0.3 is 24.8 Å². The van der Waals surface area contributed by atoms with E-state index in [1.54, 1.807) is 7.11 Å². The van der Waals surface area contributed by atoms with Crippen molar-refractivity contribution >= 4 is 28.2 Å². The maximum absolute atomic E-state index is 12.8. The molecule has 7 heteroatoms. The summed E-state index contributed by atoms with van der Waals surface area (Å²) in [6.07, 6.45) is 0.938. The first-order valence-corrected chi connectivity index (χ1v) is 11.2. The van der Waals surface area contributed by atoms with Crippen molar-refractivity contribution < 1.29 is 4.74 Å². The van der Waals surface area contributed by atoms with Crippen LogP contribution in [0.4, 0.5) is 0 Å². The Kier molecular flexibility index (Phi) is 8.25. The fraction of sp³-hybridized carbons (Fsp3) is 0.360. The summed E-state index contributed by atoms with van der Waals surface area (Å²) in [4.78, 5) is 20.0. The Morgan fingerprint density at radius 2 is 1.88 bits per heavy atom. The number of nitrogens with one attached hydrogen (secondary N) is 2. The van der Waals surface area contributed by atoms with Gasteiger partial charge in [-0.05, 0) is 76.0 Å². The van der Waals surface area contributed by atoms with Crippen LogP contribution in [0.5, 0.6) is 5.75 Å². The van der Waals surface area contributed by atoms with Gasteiger partial charge in [-0.3, -0.25) is 4.79 Å². The quantitative estimate of drug-likeness (QED) is 0.480. The SMILES string of the molecule is COc1ccc2[nH]c(=O)c(CN(CCCN(C)C)C(=S)NC(C)c3ccccc3)cc2c1. The highest BCUT2D eigenvalue weighted by molar-refractivity contribution is 7.80. The first-order chi connectivity index (χ1) is 15.4. The largest absolute Gasteiger partial charge is 0.497 e. The van der Waals surface area contributed by atoms with Gasteiger partial charge in [-0.15, -0.1) is 0 Å². The van der Waals surface area contributed by atoms with Crippen LogP contribution in [0.25, 0.3) is 10.9 Å². The maximum atomic E-state index is 12.8. The molecule has 0 saturated carbocycles. The van der Waals surface area contributed by atoms with Gasteiger partial charge in [-0.2, -0.15) is 0 Å². The number of aromatic nitrogens is 1. The zero-order valence-electron chi connectivity index (χ0n) is 19.2. The maximum Gasteiger partial charge on any atom is 0.253 e. The number of benzene rings is 2. The van der Waals surface area contributed by atoms with E-state index in [0.717, 1.165) is 36.2 Å². The molecule has 0 fully saturated rings. The standard InChI is InChI=1S/C25H32N4O2S/c1-18(19-9-6-5-7-10-19)26-25(32)29(14-8-13-28(2)3)17-21-15-20-16-22(31-4)11-12-23(20)27-24(21)30/h5-7,9-12,15-16,18H,8,13-14,17H2,1-4H3,(H,26,32)(H,27,30). The Morgan fingerprint density at radius 3 is 2.56 bits per heavy atom. The van der Waals surface area contributed by atoms with Crippen LogP contribution in [0.2, 0.25) is 0 Å². The zero-order valence-corrected chi connectivity index (χ0v) is 20.0. The fourth-order valence-electron chi connectivity index (χ4n) is 3.61. The normalized spacial score (nSPS) is 12.0. The highest BCUT2D eigenvalue weighted by atomic mass is 32.1. The molecule has 32 heavy (non-hydrogen) atoms. The van der Waals surface area contributed by atoms with Crippen molar-refractivity contribution in [2.75, 3.05) is 34.3 Å². The molecule has 0 saturated heterocycles. The van der Waals surface area contributed by atoms with Crippen LogP contribution in [0, 0.1) is 0 Å². The topological polar surface area (TPSA) is 60.6 Å². The second-order valence-electron chi connectivity index (χ2n) is 8.24. The average molecular weight is 453 g/mol. The Labute approximate surface area is 195 Å². The van der Waals surface area contributed by atoms with Gasteiger partial charge in [0.2, 0.25) is 0 Å². The molecule has 6 nitrogen and oxygen atoms in total. The third kappa shape index (κ3) is 6.31. The highest BCUT2D eigenvalue weighted by Gasteiger charge is 2.16. The van der Waals surface area contributed by atoms with Crippen LogP contribution in [-0.4, -0.2) is 54.2 Å². The molecule has 3 aromatic rings. The van der Waals surface area contributed by atoms with Crippen molar-refractivity contribution in [1.82, 2.24) is 20.1 Å². The summed E-state index contributed by atoms with van der Waals surface area (Å²) >= 11 is 5.78. The molecule has 1 atom stereocenters. The molecule has 1 heterocycles. The summed E-state index contributed by atoms with van der Waals surface area (Å²) < 4.78 is 5.34. The average Bonchev–Trinajstić information content (AvgIpc) is 2.78. The van der Waals surface area contributed by atoms with Crippen LogP contribution in [-0.2, 0) is 6.54 Å². The van der Waals surface area contributed by atoms with Gasteiger partial charge in [0.25, 0.3) is 5.56 Å². The van der Waals surface area contributed by atoms with Gasteiger partial charge in [-0.25, -0.2) is 0 Å². The van der Waals surface area contributed by atoms with E-state index in [0.29, 0.717) is 17.2 Å². The lowest BCUT2D eigenvalue weighted by atomic mass is 10.1. The van der Waals surface area contributed by atoms with E-state index in [2.05, 4.69) is 53.3 Å². The number of ether oxygens (including phenoxy) is 1. The van der Waals surface area contributed by atoms with Crippen molar-refractivity contribution in [3.63, 3.8) is 0 Å². The summed E-state index contributed by atoms with van der Waals surface area (Å²) in [5.41, 5.74) is 2.53. The first-order valence-electron chi connectivity index (χ1n) is 10.8. The molecule has 0 radical (unpaired) electrons. The molecule has 3 rings (SSSR count). The lowest BCUT2D eigenvalue weighted by molar-refractivity contribution is 0.339. The minimum absolute atomic E-state index is 0.0687. The van der Waals surface area contributed by atoms with E-state index in [1.165, 1.54) is 5.56 Å². The van der Waals surface area contributed by atoms with E-state index in [9.17, 15) is 4.79 Å². The van der Waals surface area contributed by atoms with Crippen molar-refractivity contribution in [2.45, 2.75) is 25.9 Å². The zero-order chi connectivity index (χ0) is 23.1. The molecule has 0 aliphatic carbocycles. The summed E-state index contributed by atoms with van der Waals surface area (Å²) in [6, 6.07) is 17.8. The molecule has 0 aliphatic rings. The van der Waals surface area contributed by atoms with Crippen molar-refractivity contribution in [3.05, 3.63) is 76.1 Å². The second kappa shape index (κ2) is 11.1. The van der Waals surface area contributed by atoms with Crippen molar-refractivity contribution in [1.29, 1.82) is 0 Å². The molecule has 1 aromatic heterocycles. The second-order valence-corrected chi connectivity index (χ2v) is 8.62. The Bertz CT molecular complexity index is 1100. The molecular formula is C25H32N4O2S. The van der Waals surface area contributed by atoms with Crippen LogP contribution in [0.1, 0.15) is 30.5 Å². The van der Waals surface area contributed by atoms with E-state index in [4.69, 9.17) is 17.0 Å². The van der Waals surface area contributed by atoms with E-state index < -0.39 is 0 Å². The van der Waals surface area contributed by atoms with Gasteiger partial charge in [0.05, 0.1) is 19.7 Å². The Morgan fingerprint density at radius 1 is 1.12 bits per heavy atom. The number of pyridine rings is 1. The molecule has 1 unspecified atom stereocenters. The van der Waals surface area contributed by atoms with Crippen LogP contribution >= 0.6 is 12.2 Å². The molecular weight excluding hydrogens is 420 g/mol. The number of thiocarbonyl (C=S) groups is 1. The summed E-state index contributed by atoms with van der Waals surface area (Å²) in [5.74, 6) is 0.757. The minimum Gasteiger partial charge on any atom is -0.497 e. The molecule has 0 amide bonds. The third-order valence-electron chi connectivity index (χ3n) is 5.45. The van der Waals surface area contributed by atoms with Gasteiger partial charge in [0.15, 0.2) is 5.11 Å². The predicted molar refractivity (Wildman–Crippen MR) is 135 cm³/mol. The smallest absolute Gasteiger partial charge is 0.253 e. The van der Waals surface area contributed by atoms with Crippen molar-refractivity contribution in [3.8, 4) is 5.75 Å². The number of nitrogens with zero attached hydrogens (tertiary/aromatic N) is 2. The molecule has 0 aliphatic heterocycles. The van der Waals surface area contributed by atoms with Gasteiger partial charge in [0.1, 0.15) is 5.75 Å². The predicted octanol–water partition coefficient (Wildman–Crippen LogP) is 3.93. The Balaban J connectivity index is 1.82. The van der Waals surface area contributed by atoms with Crippen molar-refractivity contribution in [2.24, 2.45) is 0 Å². The first kappa shape index (κ1) is 23.8. The number of fused-ring (bicyclic) bond motifs is 1. The van der Waals surface area contributed by atoms with E-state index in [-0.39, 0.29) is 11.6 Å². The number of hydrogen-bond donors (Lipinski definition) is 2. The number of methoxy groups -OCH3 is 1. The summed E-state index contributed by atoms with van der Waals surface area (Å²) in [5, 5.41) is 5.02. The molecule has 2 aromatic carbocycles. The molecule has 0 bridgehead atoms. The molecule has 2 N–H and O–H groups in total. The van der Waals surface area contributed by atoms with Gasteiger partial charge >= 0.3 is 0 Å². The van der Waals surface area contributed by atoms with Gasteiger partial charge in [0, 0.05) is 23.0 Å². The highest BCUT2D eigenvalue weighted by Crippen LogP contribution is 2.19.